The van der Waals surface area contributed by atoms with Crippen molar-refractivity contribution < 1.29 is 0 Å². The summed E-state index contributed by atoms with van der Waals surface area (Å²) in [7, 11) is 3.66. The van der Waals surface area contributed by atoms with Gasteiger partial charge in [0.25, 0.3) is 0 Å². The fraction of sp³-hybridized carbons (Fsp3) is 0.579. The van der Waals surface area contributed by atoms with E-state index < -0.39 is 0 Å². The maximum atomic E-state index is 6.01. The molecule has 2 aromatic rings. The third-order valence-corrected chi connectivity index (χ3v) is 7.48. The van der Waals surface area contributed by atoms with Gasteiger partial charge < -0.3 is 4.57 Å². The monoisotopic (exact) mass is 397 g/mol. The molecule has 0 saturated carbocycles. The van der Waals surface area contributed by atoms with Crippen LogP contribution < -0.4 is 0 Å². The Morgan fingerprint density at radius 3 is 2.40 bits per heavy atom. The second kappa shape index (κ2) is 9.89. The molecule has 0 fully saturated rings. The maximum absolute atomic E-state index is 6.01. The van der Waals surface area contributed by atoms with Gasteiger partial charge in [0.1, 0.15) is 0 Å². The summed E-state index contributed by atoms with van der Waals surface area (Å²) in [5.41, 5.74) is 1.06. The zero-order valence-electron chi connectivity index (χ0n) is 15.6. The van der Waals surface area contributed by atoms with E-state index in [4.69, 9.17) is 11.6 Å². The van der Waals surface area contributed by atoms with Crippen LogP contribution in [0.2, 0.25) is 5.02 Å². The van der Waals surface area contributed by atoms with Crippen LogP contribution in [0.5, 0.6) is 0 Å². The molecule has 2 rings (SSSR count). The van der Waals surface area contributed by atoms with Crippen molar-refractivity contribution in [3.05, 3.63) is 29.3 Å². The zero-order valence-corrected chi connectivity index (χ0v) is 18.0. The molecular weight excluding hydrogens is 370 g/mol. The molecule has 0 spiro atoms. The molecule has 0 unspecified atom stereocenters. The van der Waals surface area contributed by atoms with Crippen molar-refractivity contribution in [1.29, 1.82) is 0 Å². The van der Waals surface area contributed by atoms with Gasteiger partial charge in [-0.25, -0.2) is 0 Å². The maximum Gasteiger partial charge on any atom is 0.202 e. The van der Waals surface area contributed by atoms with Gasteiger partial charge in [0, 0.05) is 21.9 Å². The first-order valence-electron chi connectivity index (χ1n) is 9.01. The Labute approximate surface area is 164 Å². The molecule has 138 valence electrons. The lowest BCUT2D eigenvalue weighted by Gasteiger charge is -2.22. The van der Waals surface area contributed by atoms with Gasteiger partial charge in [-0.1, -0.05) is 55.5 Å². The minimum Gasteiger partial charge on any atom is -0.301 e. The van der Waals surface area contributed by atoms with Crippen molar-refractivity contribution in [2.45, 2.75) is 76.2 Å². The van der Waals surface area contributed by atoms with E-state index in [2.05, 4.69) is 42.5 Å². The molecule has 25 heavy (non-hydrogen) atoms. The summed E-state index contributed by atoms with van der Waals surface area (Å²) >= 11 is 6.01. The Morgan fingerprint density at radius 1 is 1.04 bits per heavy atom. The Balaban J connectivity index is 2.11. The van der Waals surface area contributed by atoms with Gasteiger partial charge in [0.2, 0.25) is 5.16 Å². The number of halogens is 1. The number of nitrogens with zero attached hydrogens (tertiary/aromatic N) is 3. The number of hydrogen-bond acceptors (Lipinski definition) is 4. The highest BCUT2D eigenvalue weighted by Crippen LogP contribution is 2.43. The van der Waals surface area contributed by atoms with Crippen LogP contribution in [-0.4, -0.2) is 19.5 Å². The van der Waals surface area contributed by atoms with Crippen LogP contribution in [0, 0.1) is 0 Å². The quantitative estimate of drug-likeness (QED) is 0.315. The molecule has 0 atom stereocenters. The van der Waals surface area contributed by atoms with Gasteiger partial charge >= 0.3 is 0 Å². The summed E-state index contributed by atoms with van der Waals surface area (Å²) in [5, 5.41) is 10.6. The van der Waals surface area contributed by atoms with E-state index in [1.165, 1.54) is 25.7 Å². The van der Waals surface area contributed by atoms with E-state index in [0.29, 0.717) is 0 Å². The molecule has 3 nitrogen and oxygen atoms in total. The predicted molar refractivity (Wildman–Crippen MR) is 112 cm³/mol. The predicted octanol–water partition coefficient (Wildman–Crippen LogP) is 7.11. The molecule has 1 heterocycles. The van der Waals surface area contributed by atoms with Crippen LogP contribution in [0.25, 0.3) is 11.4 Å². The van der Waals surface area contributed by atoms with E-state index >= 15 is 0 Å². The summed E-state index contributed by atoms with van der Waals surface area (Å²) in [6, 6.07) is 7.82. The second-order valence-electron chi connectivity index (χ2n) is 6.85. The van der Waals surface area contributed by atoms with Gasteiger partial charge in [-0.3, -0.25) is 0 Å². The summed E-state index contributed by atoms with van der Waals surface area (Å²) in [6.45, 7) is 9.99. The lowest BCUT2D eigenvalue weighted by molar-refractivity contribution is 0.575. The molecule has 0 aliphatic carbocycles. The molecule has 0 aliphatic heterocycles. The summed E-state index contributed by atoms with van der Waals surface area (Å²) < 4.78 is 2.46. The van der Waals surface area contributed by atoms with Gasteiger partial charge in [-0.2, -0.15) is 0 Å². The van der Waals surface area contributed by atoms with E-state index in [9.17, 15) is 0 Å². The largest absolute Gasteiger partial charge is 0.301 e. The standard InChI is InChI=1S/C19H28ClN3S2/c1-5-7-8-13-19(3,4)25-24-18-22-21-17(23(18)14-6-2)15-9-11-16(20)12-10-15/h9-12H,5-8,13-14H2,1-4H3. The van der Waals surface area contributed by atoms with Crippen molar-refractivity contribution in [2.75, 3.05) is 0 Å². The Hall–Kier alpha value is -0.650. The summed E-state index contributed by atoms with van der Waals surface area (Å²) in [6.07, 6.45) is 6.14. The normalized spacial score (nSPS) is 11.9. The first-order valence-corrected chi connectivity index (χ1v) is 11.5. The van der Waals surface area contributed by atoms with Crippen LogP contribution in [0.15, 0.2) is 29.4 Å². The lowest BCUT2D eigenvalue weighted by atomic mass is 10.0. The van der Waals surface area contributed by atoms with E-state index in [1.807, 2.05) is 35.1 Å². The number of hydrogen-bond donors (Lipinski definition) is 0. The first kappa shape index (κ1) is 20.7. The molecule has 0 radical (unpaired) electrons. The van der Waals surface area contributed by atoms with Crippen LogP contribution in [0.1, 0.15) is 59.8 Å². The van der Waals surface area contributed by atoms with Crippen LogP contribution in [0.3, 0.4) is 0 Å². The second-order valence-corrected chi connectivity index (χ2v) is 10.1. The lowest BCUT2D eigenvalue weighted by Crippen LogP contribution is -2.13. The highest BCUT2D eigenvalue weighted by Gasteiger charge is 2.22. The number of rotatable bonds is 10. The smallest absolute Gasteiger partial charge is 0.202 e. The number of benzene rings is 1. The minimum atomic E-state index is 0.239. The topological polar surface area (TPSA) is 30.7 Å². The van der Waals surface area contributed by atoms with Crippen LogP contribution in [-0.2, 0) is 6.54 Å². The van der Waals surface area contributed by atoms with E-state index in [-0.39, 0.29) is 4.75 Å². The van der Waals surface area contributed by atoms with Crippen molar-refractivity contribution in [1.82, 2.24) is 14.8 Å². The minimum absolute atomic E-state index is 0.239. The molecule has 0 amide bonds. The molecule has 0 saturated heterocycles. The molecule has 0 aliphatic rings. The fourth-order valence-electron chi connectivity index (χ4n) is 2.58. The van der Waals surface area contributed by atoms with Gasteiger partial charge in [0.15, 0.2) is 5.82 Å². The summed E-state index contributed by atoms with van der Waals surface area (Å²) in [4.78, 5) is 0. The van der Waals surface area contributed by atoms with Crippen molar-refractivity contribution in [2.24, 2.45) is 0 Å². The third-order valence-electron chi connectivity index (χ3n) is 3.99. The molecule has 0 N–H and O–H groups in total. The third kappa shape index (κ3) is 6.22. The van der Waals surface area contributed by atoms with Crippen LogP contribution in [0.4, 0.5) is 0 Å². The zero-order chi connectivity index (χ0) is 18.3. The van der Waals surface area contributed by atoms with Crippen molar-refractivity contribution >= 4 is 33.2 Å². The highest BCUT2D eigenvalue weighted by molar-refractivity contribution is 8.77. The average Bonchev–Trinajstić information content (AvgIpc) is 2.97. The number of unbranched alkanes of at least 4 members (excludes halogenated alkanes) is 2. The average molecular weight is 398 g/mol. The highest BCUT2D eigenvalue weighted by atomic mass is 35.5. The van der Waals surface area contributed by atoms with Gasteiger partial charge in [0.05, 0.1) is 0 Å². The Bertz CT molecular complexity index is 653. The first-order chi connectivity index (χ1) is 12.0. The summed E-state index contributed by atoms with van der Waals surface area (Å²) in [5.74, 6) is 0.922. The molecule has 6 heteroatoms. The van der Waals surface area contributed by atoms with Crippen LogP contribution >= 0.6 is 33.2 Å². The Kier molecular flexibility index (Phi) is 8.17. The van der Waals surface area contributed by atoms with E-state index in [0.717, 1.165) is 34.5 Å². The molecular formula is C19H28ClN3S2. The molecule has 0 bridgehead atoms. The van der Waals surface area contributed by atoms with Crippen molar-refractivity contribution in [3.8, 4) is 11.4 Å². The van der Waals surface area contributed by atoms with E-state index in [1.54, 1.807) is 10.8 Å². The fourth-order valence-corrected chi connectivity index (χ4v) is 5.10. The SMILES string of the molecule is CCCCCC(C)(C)SSc1nnc(-c2ccc(Cl)cc2)n1CCC. The van der Waals surface area contributed by atoms with Crippen molar-refractivity contribution in [3.63, 3.8) is 0 Å². The Morgan fingerprint density at radius 2 is 1.76 bits per heavy atom. The van der Waals surface area contributed by atoms with Gasteiger partial charge in [-0.05, 0) is 61.7 Å². The van der Waals surface area contributed by atoms with Gasteiger partial charge in [-0.15, -0.1) is 10.2 Å². The molecule has 1 aromatic carbocycles. The molecule has 1 aromatic heterocycles. The number of aromatic nitrogens is 3.